The van der Waals surface area contributed by atoms with Crippen LogP contribution in [-0.2, 0) is 4.79 Å². The number of aromatic nitrogens is 4. The van der Waals surface area contributed by atoms with E-state index in [4.69, 9.17) is 9.47 Å². The highest BCUT2D eigenvalue weighted by Crippen LogP contribution is 2.31. The highest BCUT2D eigenvalue weighted by atomic mass is 16.5. The van der Waals surface area contributed by atoms with E-state index in [1.807, 2.05) is 44.2 Å². The van der Waals surface area contributed by atoms with Crippen LogP contribution in [-0.4, -0.2) is 39.1 Å². The molecule has 0 saturated heterocycles. The Morgan fingerprint density at radius 3 is 2.86 bits per heavy atom. The number of nitrogens with zero attached hydrogens (tertiary/aromatic N) is 4. The molecule has 0 radical (unpaired) electrons. The maximum atomic E-state index is 12.3. The zero-order chi connectivity index (χ0) is 19.5. The first kappa shape index (κ1) is 18.0. The van der Waals surface area contributed by atoms with Crippen molar-refractivity contribution in [2.75, 3.05) is 13.2 Å². The Labute approximate surface area is 162 Å². The van der Waals surface area contributed by atoms with E-state index in [0.717, 1.165) is 29.1 Å². The van der Waals surface area contributed by atoms with Crippen molar-refractivity contribution in [3.63, 3.8) is 0 Å². The molecule has 0 bridgehead atoms. The predicted molar refractivity (Wildman–Crippen MR) is 102 cm³/mol. The SMILES string of the molecule is Cc1cc(C)n(-c2ccc(OCC(=O)N[C@H]3CCOc4ccccc43)nn2)n1. The highest BCUT2D eigenvalue weighted by molar-refractivity contribution is 5.78. The molecule has 1 aliphatic rings. The van der Waals surface area contributed by atoms with Crippen LogP contribution in [0.3, 0.4) is 0 Å². The summed E-state index contributed by atoms with van der Waals surface area (Å²) in [5.41, 5.74) is 2.86. The number of rotatable bonds is 5. The van der Waals surface area contributed by atoms with Crippen LogP contribution in [0.25, 0.3) is 5.82 Å². The van der Waals surface area contributed by atoms with E-state index in [1.165, 1.54) is 0 Å². The summed E-state index contributed by atoms with van der Waals surface area (Å²) in [7, 11) is 0. The largest absolute Gasteiger partial charge is 0.493 e. The normalized spacial score (nSPS) is 15.4. The molecule has 3 heterocycles. The lowest BCUT2D eigenvalue weighted by Gasteiger charge is -2.26. The number of carbonyl (C=O) groups excluding carboxylic acids is 1. The predicted octanol–water partition coefficient (Wildman–Crippen LogP) is 2.30. The van der Waals surface area contributed by atoms with Gasteiger partial charge in [0.15, 0.2) is 12.4 Å². The number of amides is 1. The van der Waals surface area contributed by atoms with E-state index in [1.54, 1.807) is 16.8 Å². The summed E-state index contributed by atoms with van der Waals surface area (Å²) in [6, 6.07) is 13.0. The molecule has 4 rings (SSSR count). The number of ether oxygens (including phenoxy) is 2. The van der Waals surface area contributed by atoms with Crippen molar-refractivity contribution >= 4 is 5.91 Å². The molecule has 28 heavy (non-hydrogen) atoms. The molecule has 1 N–H and O–H groups in total. The Morgan fingerprint density at radius 2 is 2.11 bits per heavy atom. The Morgan fingerprint density at radius 1 is 1.25 bits per heavy atom. The lowest BCUT2D eigenvalue weighted by Crippen LogP contribution is -2.35. The van der Waals surface area contributed by atoms with Crippen molar-refractivity contribution in [1.29, 1.82) is 0 Å². The number of para-hydroxylation sites is 1. The summed E-state index contributed by atoms with van der Waals surface area (Å²) in [6.07, 6.45) is 0.722. The van der Waals surface area contributed by atoms with E-state index in [9.17, 15) is 4.79 Å². The second kappa shape index (κ2) is 7.67. The molecule has 1 amide bonds. The van der Waals surface area contributed by atoms with Gasteiger partial charge in [-0.1, -0.05) is 18.2 Å². The van der Waals surface area contributed by atoms with E-state index in [-0.39, 0.29) is 24.4 Å². The molecule has 0 spiro atoms. The molecular weight excluding hydrogens is 358 g/mol. The van der Waals surface area contributed by atoms with E-state index in [0.29, 0.717) is 12.4 Å². The van der Waals surface area contributed by atoms with Gasteiger partial charge in [-0.15, -0.1) is 10.2 Å². The van der Waals surface area contributed by atoms with E-state index >= 15 is 0 Å². The second-order valence-corrected chi connectivity index (χ2v) is 6.65. The Hall–Kier alpha value is -3.42. The number of fused-ring (bicyclic) bond motifs is 1. The van der Waals surface area contributed by atoms with Crippen molar-refractivity contribution in [2.45, 2.75) is 26.3 Å². The maximum absolute atomic E-state index is 12.3. The molecule has 0 fully saturated rings. The van der Waals surface area contributed by atoms with Crippen LogP contribution >= 0.6 is 0 Å². The minimum atomic E-state index is -0.217. The lowest BCUT2D eigenvalue weighted by molar-refractivity contribution is -0.124. The fraction of sp³-hybridized carbons (Fsp3) is 0.300. The van der Waals surface area contributed by atoms with Gasteiger partial charge in [0.05, 0.1) is 18.3 Å². The van der Waals surface area contributed by atoms with Crippen molar-refractivity contribution < 1.29 is 14.3 Å². The smallest absolute Gasteiger partial charge is 0.258 e. The van der Waals surface area contributed by atoms with Gasteiger partial charge in [0.1, 0.15) is 5.75 Å². The van der Waals surface area contributed by atoms with Gasteiger partial charge in [0.25, 0.3) is 5.91 Å². The fourth-order valence-electron chi connectivity index (χ4n) is 3.23. The maximum Gasteiger partial charge on any atom is 0.258 e. The minimum absolute atomic E-state index is 0.0828. The first-order valence-electron chi connectivity index (χ1n) is 9.11. The van der Waals surface area contributed by atoms with Gasteiger partial charge >= 0.3 is 0 Å². The summed E-state index contributed by atoms with van der Waals surface area (Å²) >= 11 is 0. The third kappa shape index (κ3) is 3.80. The number of aryl methyl sites for hydroxylation is 2. The molecule has 8 nitrogen and oxygen atoms in total. The molecule has 2 aromatic heterocycles. The van der Waals surface area contributed by atoms with Crippen molar-refractivity contribution in [2.24, 2.45) is 0 Å². The third-order valence-electron chi connectivity index (χ3n) is 4.50. The molecule has 1 atom stereocenters. The van der Waals surface area contributed by atoms with Gasteiger partial charge in [-0.2, -0.15) is 5.10 Å². The number of hydrogen-bond donors (Lipinski definition) is 1. The first-order chi connectivity index (χ1) is 13.6. The second-order valence-electron chi connectivity index (χ2n) is 6.65. The summed E-state index contributed by atoms with van der Waals surface area (Å²) in [4.78, 5) is 12.3. The van der Waals surface area contributed by atoms with Crippen molar-refractivity contribution in [3.8, 4) is 17.4 Å². The quantitative estimate of drug-likeness (QED) is 0.731. The van der Waals surface area contributed by atoms with Crippen LogP contribution in [0, 0.1) is 13.8 Å². The van der Waals surface area contributed by atoms with Gasteiger partial charge in [0, 0.05) is 23.7 Å². The van der Waals surface area contributed by atoms with Gasteiger partial charge in [0.2, 0.25) is 5.88 Å². The molecule has 0 aliphatic carbocycles. The summed E-state index contributed by atoms with van der Waals surface area (Å²) in [5.74, 6) is 1.48. The van der Waals surface area contributed by atoms with Crippen LogP contribution < -0.4 is 14.8 Å². The molecule has 3 aromatic rings. The molecular formula is C20H21N5O3. The topological polar surface area (TPSA) is 91.2 Å². The van der Waals surface area contributed by atoms with Crippen LogP contribution in [0.5, 0.6) is 11.6 Å². The zero-order valence-corrected chi connectivity index (χ0v) is 15.8. The van der Waals surface area contributed by atoms with Gasteiger partial charge in [-0.25, -0.2) is 4.68 Å². The summed E-state index contributed by atoms with van der Waals surface area (Å²) in [5, 5.41) is 15.5. The summed E-state index contributed by atoms with van der Waals surface area (Å²) < 4.78 is 12.8. The van der Waals surface area contributed by atoms with Gasteiger partial charge < -0.3 is 14.8 Å². The van der Waals surface area contributed by atoms with Gasteiger partial charge in [-0.05, 0) is 32.0 Å². The van der Waals surface area contributed by atoms with Crippen LogP contribution in [0.2, 0.25) is 0 Å². The Kier molecular flexibility index (Phi) is 4.92. The monoisotopic (exact) mass is 379 g/mol. The lowest BCUT2D eigenvalue weighted by atomic mass is 10.0. The van der Waals surface area contributed by atoms with Crippen molar-refractivity contribution in [1.82, 2.24) is 25.3 Å². The summed E-state index contributed by atoms with van der Waals surface area (Å²) in [6.45, 7) is 4.31. The average molecular weight is 379 g/mol. The van der Waals surface area contributed by atoms with Gasteiger partial charge in [-0.3, -0.25) is 4.79 Å². The first-order valence-corrected chi connectivity index (χ1v) is 9.11. The molecule has 1 aliphatic heterocycles. The minimum Gasteiger partial charge on any atom is -0.493 e. The number of nitrogens with one attached hydrogen (secondary N) is 1. The highest BCUT2D eigenvalue weighted by Gasteiger charge is 2.22. The number of benzene rings is 1. The molecule has 144 valence electrons. The molecule has 0 saturated carbocycles. The van der Waals surface area contributed by atoms with Crippen LogP contribution in [0.15, 0.2) is 42.5 Å². The van der Waals surface area contributed by atoms with Crippen LogP contribution in [0.1, 0.15) is 29.4 Å². The zero-order valence-electron chi connectivity index (χ0n) is 15.8. The molecule has 8 heteroatoms. The standard InChI is InChI=1S/C20H21N5O3/c1-13-11-14(2)25(24-13)18-7-8-20(23-22-18)28-12-19(26)21-16-9-10-27-17-6-4-3-5-15(16)17/h3-8,11,16H,9-10,12H2,1-2H3,(H,21,26)/t16-/m0/s1. The number of hydrogen-bond acceptors (Lipinski definition) is 6. The molecule has 1 aromatic carbocycles. The van der Waals surface area contributed by atoms with Crippen molar-refractivity contribution in [3.05, 3.63) is 59.4 Å². The van der Waals surface area contributed by atoms with Crippen LogP contribution in [0.4, 0.5) is 0 Å². The fourth-order valence-corrected chi connectivity index (χ4v) is 3.23. The third-order valence-corrected chi connectivity index (χ3v) is 4.50. The average Bonchev–Trinajstić information content (AvgIpc) is 3.05. The Bertz CT molecular complexity index is 984. The molecule has 0 unspecified atom stereocenters. The van der Waals surface area contributed by atoms with E-state index < -0.39 is 0 Å². The Balaban J connectivity index is 1.35. The number of carbonyl (C=O) groups is 1. The van der Waals surface area contributed by atoms with E-state index in [2.05, 4.69) is 20.6 Å².